The number of aryl methyl sites for hydroxylation is 1. The summed E-state index contributed by atoms with van der Waals surface area (Å²) >= 11 is 3.11. The number of benzene rings is 2. The minimum atomic E-state index is -3.12. The van der Waals surface area contributed by atoms with Gasteiger partial charge in [0.15, 0.2) is 0 Å². The van der Waals surface area contributed by atoms with Crippen molar-refractivity contribution in [3.63, 3.8) is 0 Å². The van der Waals surface area contributed by atoms with Gasteiger partial charge in [-0.1, -0.05) is 18.2 Å². The second-order valence-electron chi connectivity index (χ2n) is 5.62. The van der Waals surface area contributed by atoms with Gasteiger partial charge in [0.2, 0.25) is 0 Å². The predicted molar refractivity (Wildman–Crippen MR) is 101 cm³/mol. The number of carbonyl (C=O) groups is 1. The number of nitrogens with one attached hydrogen (secondary N) is 2. The number of urea groups is 1. The fraction of sp³-hybridized carbons (Fsp3) is 0.118. The van der Waals surface area contributed by atoms with Gasteiger partial charge in [-0.3, -0.25) is 0 Å². The summed E-state index contributed by atoms with van der Waals surface area (Å²) in [5.41, 5.74) is -0.943. The second-order valence-corrected chi connectivity index (χ2v) is 6.47. The van der Waals surface area contributed by atoms with Gasteiger partial charge in [-0.05, 0) is 47.1 Å². The number of halogens is 4. The molecule has 3 rings (SSSR count). The van der Waals surface area contributed by atoms with Gasteiger partial charge >= 0.3 is 18.3 Å². The molecular formula is C17H13BrF3N5O2. The van der Waals surface area contributed by atoms with Crippen molar-refractivity contribution < 1.29 is 18.0 Å². The Hall–Kier alpha value is -3.08. The molecule has 0 radical (unpaired) electrons. The summed E-state index contributed by atoms with van der Waals surface area (Å²) in [4.78, 5) is 24.3. The number of hydrogen-bond donors (Lipinski definition) is 2. The molecule has 0 saturated heterocycles. The monoisotopic (exact) mass is 455 g/mol. The molecule has 1 aromatic heterocycles. The molecule has 146 valence electrons. The largest absolute Gasteiger partial charge is 0.355 e. The Labute approximate surface area is 164 Å². The van der Waals surface area contributed by atoms with Crippen molar-refractivity contribution in [2.45, 2.75) is 13.5 Å². The molecule has 0 aliphatic rings. The lowest BCUT2D eigenvalue weighted by molar-refractivity contribution is 0.0640. The van der Waals surface area contributed by atoms with Gasteiger partial charge in [-0.2, -0.15) is 13.5 Å². The summed E-state index contributed by atoms with van der Waals surface area (Å²) in [6.45, 7) is -1.91. The Morgan fingerprint density at radius 1 is 1.18 bits per heavy atom. The first-order chi connectivity index (χ1) is 13.3. The van der Waals surface area contributed by atoms with Gasteiger partial charge in [-0.15, -0.1) is 5.10 Å². The number of hydrogen-bond acceptors (Lipinski definition) is 3. The van der Waals surface area contributed by atoms with Crippen LogP contribution in [0.15, 0.2) is 51.7 Å². The van der Waals surface area contributed by atoms with Crippen molar-refractivity contribution in [2.75, 3.05) is 10.6 Å². The van der Waals surface area contributed by atoms with E-state index in [2.05, 4.69) is 31.7 Å². The molecule has 28 heavy (non-hydrogen) atoms. The molecule has 0 aliphatic carbocycles. The number of aromatic nitrogens is 3. The van der Waals surface area contributed by atoms with Crippen LogP contribution in [0.1, 0.15) is 12.4 Å². The van der Waals surface area contributed by atoms with E-state index in [9.17, 15) is 22.8 Å². The van der Waals surface area contributed by atoms with E-state index in [1.165, 1.54) is 6.92 Å². The minimum absolute atomic E-state index is 0.112. The first-order valence-electron chi connectivity index (χ1n) is 7.86. The van der Waals surface area contributed by atoms with E-state index in [1.54, 1.807) is 30.3 Å². The van der Waals surface area contributed by atoms with Crippen molar-refractivity contribution >= 4 is 33.3 Å². The Kier molecular flexibility index (Phi) is 5.54. The highest BCUT2D eigenvalue weighted by atomic mass is 79.9. The summed E-state index contributed by atoms with van der Waals surface area (Å²) in [6, 6.07) is 10.1. The average molecular weight is 456 g/mol. The van der Waals surface area contributed by atoms with Crippen LogP contribution in [-0.4, -0.2) is 20.4 Å². The molecular weight excluding hydrogens is 443 g/mol. The van der Waals surface area contributed by atoms with Gasteiger partial charge in [0.25, 0.3) is 0 Å². The third-order valence-corrected chi connectivity index (χ3v) is 4.38. The zero-order chi connectivity index (χ0) is 20.4. The van der Waals surface area contributed by atoms with Crippen molar-refractivity contribution in [2.24, 2.45) is 0 Å². The van der Waals surface area contributed by atoms with E-state index in [1.807, 2.05) is 0 Å². The number of alkyl halides is 2. The van der Waals surface area contributed by atoms with Crippen LogP contribution < -0.4 is 16.3 Å². The van der Waals surface area contributed by atoms with Crippen LogP contribution in [-0.2, 0) is 0 Å². The van der Waals surface area contributed by atoms with Gasteiger partial charge in [0.1, 0.15) is 17.3 Å². The third-order valence-electron chi connectivity index (χ3n) is 3.72. The predicted octanol–water partition coefficient (Wildman–Crippen LogP) is 4.28. The van der Waals surface area contributed by atoms with Gasteiger partial charge in [0.05, 0.1) is 5.69 Å². The molecule has 11 heteroatoms. The molecule has 0 saturated carbocycles. The quantitative estimate of drug-likeness (QED) is 0.615. The zero-order valence-corrected chi connectivity index (χ0v) is 15.9. The SMILES string of the molecule is Cc1nn(-c2cc(NC(=O)Nc3ccccc3)c(Br)cc2F)c(=O)n1C(F)F. The van der Waals surface area contributed by atoms with Gasteiger partial charge in [-0.25, -0.2) is 18.5 Å². The molecule has 0 fully saturated rings. The molecule has 1 heterocycles. The van der Waals surface area contributed by atoms with Crippen molar-refractivity contribution in [1.29, 1.82) is 0 Å². The molecule has 2 N–H and O–H groups in total. The van der Waals surface area contributed by atoms with Crippen LogP contribution in [0.25, 0.3) is 5.69 Å². The van der Waals surface area contributed by atoms with Crippen LogP contribution in [0, 0.1) is 12.7 Å². The number of rotatable bonds is 4. The molecule has 7 nitrogen and oxygen atoms in total. The highest BCUT2D eigenvalue weighted by Crippen LogP contribution is 2.28. The standard InChI is InChI=1S/C17H13BrF3N5O2/c1-9-24-26(17(28)25(9)15(20)21)14-8-13(11(18)7-12(14)19)23-16(27)22-10-5-3-2-4-6-10/h2-8,15H,1H3,(H2,22,23,27). The number of para-hydroxylation sites is 1. The van der Waals surface area contributed by atoms with Crippen LogP contribution >= 0.6 is 15.9 Å². The highest BCUT2D eigenvalue weighted by Gasteiger charge is 2.21. The second kappa shape index (κ2) is 7.89. The lowest BCUT2D eigenvalue weighted by atomic mass is 10.2. The lowest BCUT2D eigenvalue weighted by Gasteiger charge is -2.11. The van der Waals surface area contributed by atoms with Gasteiger partial charge < -0.3 is 10.6 Å². The Bertz CT molecular complexity index is 1080. The average Bonchev–Trinajstić information content (AvgIpc) is 2.92. The summed E-state index contributed by atoms with van der Waals surface area (Å²) < 4.78 is 41.2. The number of carbonyl (C=O) groups excluding carboxylic acids is 1. The van der Waals surface area contributed by atoms with E-state index in [-0.39, 0.29) is 26.2 Å². The maximum Gasteiger partial charge on any atom is 0.355 e. The smallest absolute Gasteiger partial charge is 0.308 e. The first kappa shape index (κ1) is 19.7. The number of amides is 2. The Balaban J connectivity index is 1.94. The maximum atomic E-state index is 14.4. The molecule has 2 aromatic carbocycles. The fourth-order valence-corrected chi connectivity index (χ4v) is 2.87. The van der Waals surface area contributed by atoms with E-state index >= 15 is 0 Å². The Morgan fingerprint density at radius 3 is 2.46 bits per heavy atom. The molecule has 0 unspecified atom stereocenters. The molecule has 2 amide bonds. The van der Waals surface area contributed by atoms with E-state index in [0.717, 1.165) is 12.1 Å². The van der Waals surface area contributed by atoms with Crippen molar-refractivity contribution in [3.05, 3.63) is 69.1 Å². The topological polar surface area (TPSA) is 81.0 Å². The van der Waals surface area contributed by atoms with E-state index in [4.69, 9.17) is 0 Å². The number of nitrogens with zero attached hydrogens (tertiary/aromatic N) is 3. The molecule has 0 spiro atoms. The van der Waals surface area contributed by atoms with Crippen molar-refractivity contribution in [1.82, 2.24) is 14.3 Å². The van der Waals surface area contributed by atoms with Crippen LogP contribution in [0.5, 0.6) is 0 Å². The van der Waals surface area contributed by atoms with Crippen LogP contribution in [0.2, 0.25) is 0 Å². The lowest BCUT2D eigenvalue weighted by Crippen LogP contribution is -2.25. The highest BCUT2D eigenvalue weighted by molar-refractivity contribution is 9.10. The molecule has 0 atom stereocenters. The normalized spacial score (nSPS) is 10.9. The molecule has 3 aromatic rings. The maximum absolute atomic E-state index is 14.4. The summed E-state index contributed by atoms with van der Waals surface area (Å²) in [7, 11) is 0. The van der Waals surface area contributed by atoms with E-state index < -0.39 is 24.1 Å². The number of anilines is 2. The minimum Gasteiger partial charge on any atom is -0.308 e. The summed E-state index contributed by atoms with van der Waals surface area (Å²) in [5.74, 6) is -1.17. The molecule has 0 bridgehead atoms. The van der Waals surface area contributed by atoms with Gasteiger partial charge in [0, 0.05) is 10.2 Å². The first-order valence-corrected chi connectivity index (χ1v) is 8.66. The van der Waals surface area contributed by atoms with Crippen molar-refractivity contribution in [3.8, 4) is 5.69 Å². The summed E-state index contributed by atoms with van der Waals surface area (Å²) in [5, 5.41) is 8.76. The Morgan fingerprint density at radius 2 is 1.86 bits per heavy atom. The zero-order valence-electron chi connectivity index (χ0n) is 14.3. The van der Waals surface area contributed by atoms with Crippen LogP contribution in [0.4, 0.5) is 29.3 Å². The third kappa shape index (κ3) is 3.93. The molecule has 0 aliphatic heterocycles. The summed E-state index contributed by atoms with van der Waals surface area (Å²) in [6.07, 6.45) is 0. The fourth-order valence-electron chi connectivity index (χ4n) is 2.46. The van der Waals surface area contributed by atoms with Crippen LogP contribution in [0.3, 0.4) is 0 Å². The van der Waals surface area contributed by atoms with E-state index in [0.29, 0.717) is 10.4 Å².